The van der Waals surface area contributed by atoms with Crippen molar-refractivity contribution < 1.29 is 9.63 Å². The molecule has 1 fully saturated rings. The van der Waals surface area contributed by atoms with Crippen LogP contribution in [0.2, 0.25) is 0 Å². The molecule has 1 aliphatic carbocycles. The largest absolute Gasteiger partial charge is 0.389 e. The third-order valence-corrected chi connectivity index (χ3v) is 3.55. The lowest BCUT2D eigenvalue weighted by Gasteiger charge is -2.22. The van der Waals surface area contributed by atoms with Gasteiger partial charge in [-0.15, -0.1) is 0 Å². The van der Waals surface area contributed by atoms with Crippen molar-refractivity contribution in [3.05, 3.63) is 0 Å². The monoisotopic (exact) mass is 237 g/mol. The average molecular weight is 237 g/mol. The number of oxime groups is 1. The summed E-state index contributed by atoms with van der Waals surface area (Å²) in [5.74, 6) is 5.53. The molecule has 0 radical (unpaired) electrons. The lowest BCUT2D eigenvalue weighted by Crippen LogP contribution is -2.51. The second kappa shape index (κ2) is 3.69. The van der Waals surface area contributed by atoms with Crippen molar-refractivity contribution in [3.8, 4) is 0 Å². The van der Waals surface area contributed by atoms with Gasteiger partial charge in [0.1, 0.15) is 17.0 Å². The van der Waals surface area contributed by atoms with Gasteiger partial charge in [0.2, 0.25) is 0 Å². The Balaban J connectivity index is 1.72. The Labute approximate surface area is 98.6 Å². The molecule has 0 aromatic heterocycles. The minimum Gasteiger partial charge on any atom is -0.389 e. The van der Waals surface area contributed by atoms with E-state index in [0.29, 0.717) is 5.71 Å². The zero-order chi connectivity index (χ0) is 11.9. The molecule has 0 aromatic rings. The molecule has 0 atom stereocenters. The van der Waals surface area contributed by atoms with Crippen molar-refractivity contribution >= 4 is 17.5 Å². The van der Waals surface area contributed by atoms with Crippen molar-refractivity contribution in [1.29, 1.82) is 0 Å². The van der Waals surface area contributed by atoms with Gasteiger partial charge in [-0.3, -0.25) is 5.01 Å². The van der Waals surface area contributed by atoms with Crippen LogP contribution in [-0.2, 0) is 4.84 Å². The van der Waals surface area contributed by atoms with Gasteiger partial charge < -0.3 is 4.84 Å². The molecule has 1 saturated carbocycles. The van der Waals surface area contributed by atoms with Crippen molar-refractivity contribution in [2.75, 3.05) is 6.54 Å². The lowest BCUT2D eigenvalue weighted by atomic mass is 9.94. The quantitative estimate of drug-likeness (QED) is 0.508. The summed E-state index contributed by atoms with van der Waals surface area (Å²) in [6.45, 7) is 0.282. The van der Waals surface area contributed by atoms with E-state index < -0.39 is 6.03 Å². The standard InChI is InChI=1S/C10H15N5O2/c11-15-6-8(12-13-9(15)16)7-5-10(17-14-7)3-1-2-4-10/h1-6,11H2,(H,13,16). The van der Waals surface area contributed by atoms with E-state index in [-0.39, 0.29) is 12.1 Å². The molecule has 0 saturated heterocycles. The van der Waals surface area contributed by atoms with Crippen molar-refractivity contribution in [2.45, 2.75) is 37.7 Å². The number of hydrazone groups is 1. The van der Waals surface area contributed by atoms with E-state index in [9.17, 15) is 4.79 Å². The van der Waals surface area contributed by atoms with Crippen LogP contribution < -0.4 is 11.3 Å². The Bertz CT molecular complexity index is 411. The number of carbonyl (C=O) groups excluding carboxylic acids is 1. The number of nitrogens with two attached hydrogens (primary N) is 1. The number of carbonyl (C=O) groups is 1. The molecular weight excluding hydrogens is 222 g/mol. The number of nitrogens with zero attached hydrogens (tertiary/aromatic N) is 3. The fourth-order valence-electron chi connectivity index (χ4n) is 2.57. The Morgan fingerprint density at radius 1 is 1.35 bits per heavy atom. The molecule has 92 valence electrons. The Kier molecular flexibility index (Phi) is 2.29. The Hall–Kier alpha value is -1.63. The summed E-state index contributed by atoms with van der Waals surface area (Å²) in [4.78, 5) is 16.7. The summed E-state index contributed by atoms with van der Waals surface area (Å²) in [7, 11) is 0. The maximum absolute atomic E-state index is 11.1. The SMILES string of the molecule is NN1CC(C2=NOC3(CCCC3)C2)=NNC1=O. The first-order chi connectivity index (χ1) is 8.19. The maximum atomic E-state index is 11.1. The molecule has 2 aliphatic heterocycles. The number of urea groups is 1. The highest BCUT2D eigenvalue weighted by Gasteiger charge is 2.43. The van der Waals surface area contributed by atoms with Crippen molar-refractivity contribution in [1.82, 2.24) is 10.4 Å². The number of amides is 2. The molecule has 2 heterocycles. The molecule has 0 aromatic carbocycles. The summed E-state index contributed by atoms with van der Waals surface area (Å²) in [6, 6.07) is -0.399. The van der Waals surface area contributed by atoms with Crippen molar-refractivity contribution in [2.24, 2.45) is 16.1 Å². The van der Waals surface area contributed by atoms with Gasteiger partial charge in [0, 0.05) is 6.42 Å². The summed E-state index contributed by atoms with van der Waals surface area (Å²) < 4.78 is 0. The maximum Gasteiger partial charge on any atom is 0.352 e. The Morgan fingerprint density at radius 2 is 2.12 bits per heavy atom. The highest BCUT2D eigenvalue weighted by molar-refractivity contribution is 6.44. The first kappa shape index (κ1) is 10.5. The summed E-state index contributed by atoms with van der Waals surface area (Å²) in [5.41, 5.74) is 3.74. The predicted octanol–water partition coefficient (Wildman–Crippen LogP) is 0.330. The first-order valence-electron chi connectivity index (χ1n) is 5.83. The van der Waals surface area contributed by atoms with Gasteiger partial charge in [0.05, 0.1) is 6.54 Å². The number of hydrazine groups is 1. The molecular formula is C10H15N5O2. The van der Waals surface area contributed by atoms with E-state index in [4.69, 9.17) is 10.7 Å². The van der Waals surface area contributed by atoms with Gasteiger partial charge in [0.25, 0.3) is 0 Å². The fraction of sp³-hybridized carbons (Fsp3) is 0.700. The van der Waals surface area contributed by atoms with Crippen LogP contribution in [-0.4, -0.2) is 34.6 Å². The molecule has 3 aliphatic rings. The predicted molar refractivity (Wildman–Crippen MR) is 61.2 cm³/mol. The number of hydrogen-bond donors (Lipinski definition) is 2. The number of nitrogens with one attached hydrogen (secondary N) is 1. The molecule has 3 rings (SSSR count). The molecule has 0 bridgehead atoms. The molecule has 7 nitrogen and oxygen atoms in total. The van der Waals surface area contributed by atoms with E-state index >= 15 is 0 Å². The minimum absolute atomic E-state index is 0.112. The van der Waals surface area contributed by atoms with E-state index in [1.54, 1.807) is 0 Å². The topological polar surface area (TPSA) is 92.3 Å². The van der Waals surface area contributed by atoms with Gasteiger partial charge in [-0.25, -0.2) is 16.1 Å². The second-order valence-electron chi connectivity index (χ2n) is 4.80. The van der Waals surface area contributed by atoms with Crippen LogP contribution in [0.5, 0.6) is 0 Å². The molecule has 2 amide bonds. The third kappa shape index (κ3) is 1.76. The number of hydrogen-bond acceptors (Lipinski definition) is 5. The van der Waals surface area contributed by atoms with Crippen molar-refractivity contribution in [3.63, 3.8) is 0 Å². The zero-order valence-electron chi connectivity index (χ0n) is 9.48. The molecule has 0 unspecified atom stereocenters. The van der Waals surface area contributed by atoms with Crippen LogP contribution >= 0.6 is 0 Å². The first-order valence-corrected chi connectivity index (χ1v) is 5.83. The normalized spacial score (nSPS) is 26.6. The van der Waals surface area contributed by atoms with Gasteiger partial charge in [-0.1, -0.05) is 5.16 Å². The van der Waals surface area contributed by atoms with Crippen LogP contribution in [0.3, 0.4) is 0 Å². The van der Waals surface area contributed by atoms with Gasteiger partial charge in [-0.05, 0) is 25.7 Å². The minimum atomic E-state index is -0.399. The smallest absolute Gasteiger partial charge is 0.352 e. The summed E-state index contributed by atoms with van der Waals surface area (Å²) >= 11 is 0. The molecule has 1 spiro atoms. The summed E-state index contributed by atoms with van der Waals surface area (Å²) in [5, 5.41) is 9.18. The lowest BCUT2D eigenvalue weighted by molar-refractivity contribution is -0.0126. The highest BCUT2D eigenvalue weighted by atomic mass is 16.7. The van der Waals surface area contributed by atoms with Crippen LogP contribution in [0.4, 0.5) is 4.79 Å². The van der Waals surface area contributed by atoms with Gasteiger partial charge >= 0.3 is 6.03 Å². The van der Waals surface area contributed by atoms with E-state index in [2.05, 4.69) is 15.7 Å². The van der Waals surface area contributed by atoms with Crippen LogP contribution in [0.15, 0.2) is 10.3 Å². The zero-order valence-corrected chi connectivity index (χ0v) is 9.48. The highest BCUT2D eigenvalue weighted by Crippen LogP contribution is 2.40. The molecule has 7 heteroatoms. The van der Waals surface area contributed by atoms with Crippen LogP contribution in [0.1, 0.15) is 32.1 Å². The second-order valence-corrected chi connectivity index (χ2v) is 4.80. The van der Waals surface area contributed by atoms with E-state index in [1.807, 2.05) is 0 Å². The van der Waals surface area contributed by atoms with Gasteiger partial charge in [-0.2, -0.15) is 5.10 Å². The molecule has 3 N–H and O–H groups in total. The fourth-order valence-corrected chi connectivity index (χ4v) is 2.57. The third-order valence-electron chi connectivity index (χ3n) is 3.55. The van der Waals surface area contributed by atoms with Crippen LogP contribution in [0, 0.1) is 0 Å². The van der Waals surface area contributed by atoms with Crippen LogP contribution in [0.25, 0.3) is 0 Å². The molecule has 17 heavy (non-hydrogen) atoms. The summed E-state index contributed by atoms with van der Waals surface area (Å²) in [6.07, 6.45) is 5.25. The van der Waals surface area contributed by atoms with Gasteiger partial charge in [0.15, 0.2) is 0 Å². The van der Waals surface area contributed by atoms with E-state index in [1.165, 1.54) is 12.8 Å². The number of rotatable bonds is 1. The van der Waals surface area contributed by atoms with E-state index in [0.717, 1.165) is 30.0 Å². The average Bonchev–Trinajstić information content (AvgIpc) is 2.94. The Morgan fingerprint density at radius 3 is 2.82 bits per heavy atom.